The van der Waals surface area contributed by atoms with Crippen molar-refractivity contribution >= 4 is 62.0 Å². The first-order valence-electron chi connectivity index (χ1n) is 6.02. The maximum atomic E-state index is 2.31. The second-order valence-electron chi connectivity index (χ2n) is 4.50. The van der Waals surface area contributed by atoms with Gasteiger partial charge in [-0.05, 0) is 0 Å². The molecule has 0 aromatic rings. The summed E-state index contributed by atoms with van der Waals surface area (Å²) in [6, 6.07) is 0. The Morgan fingerprint density at radius 2 is 1.44 bits per heavy atom. The number of thioether (sulfide) groups is 4. The topological polar surface area (TPSA) is 0 Å². The third kappa shape index (κ3) is 4.55. The Morgan fingerprint density at radius 3 is 1.88 bits per heavy atom. The minimum atomic E-state index is 0.923. The van der Waals surface area contributed by atoms with Crippen molar-refractivity contribution in [2.24, 2.45) is 0 Å². The first-order chi connectivity index (χ1) is 7.90. The second-order valence-corrected chi connectivity index (χ2v) is 13.9. The molecule has 3 saturated heterocycles. The fourth-order valence-electron chi connectivity index (χ4n) is 1.76. The van der Waals surface area contributed by atoms with Gasteiger partial charge in [0.05, 0.1) is 0 Å². The number of hydrogen-bond donors (Lipinski definition) is 0. The molecule has 5 heteroatoms. The number of hydrogen-bond acceptors (Lipinski definition) is 4. The van der Waals surface area contributed by atoms with E-state index in [0.717, 1.165) is 33.8 Å². The molecule has 0 bridgehead atoms. The summed E-state index contributed by atoms with van der Waals surface area (Å²) < 4.78 is 2.12. The zero-order chi connectivity index (χ0) is 10.8. The van der Waals surface area contributed by atoms with Crippen LogP contribution in [-0.4, -0.2) is 56.8 Å². The molecular weight excluding hydrogens is 339 g/mol. The summed E-state index contributed by atoms with van der Waals surface area (Å²) in [6.45, 7) is 0. The summed E-state index contributed by atoms with van der Waals surface area (Å²) in [5.74, 6) is 5.80. The van der Waals surface area contributed by atoms with Crippen molar-refractivity contribution in [1.82, 2.24) is 0 Å². The van der Waals surface area contributed by atoms with Gasteiger partial charge in [-0.2, -0.15) is 0 Å². The predicted octanol–water partition coefficient (Wildman–Crippen LogP) is 3.22. The normalized spacial score (nSPS) is 42.0. The van der Waals surface area contributed by atoms with Crippen molar-refractivity contribution in [3.05, 3.63) is 0 Å². The quantitative estimate of drug-likeness (QED) is 0.528. The molecule has 0 nitrogen and oxygen atoms in total. The van der Waals surface area contributed by atoms with Crippen LogP contribution in [0.4, 0.5) is 0 Å². The molecule has 3 aliphatic rings. The summed E-state index contributed by atoms with van der Waals surface area (Å²) >= 11 is 9.86. The average Bonchev–Trinajstić information content (AvgIpc) is 3.17. The molecule has 0 aliphatic carbocycles. The first kappa shape index (κ1) is 12.9. The maximum absolute atomic E-state index is 2.31. The molecular formula is C11H18S4Se. The van der Waals surface area contributed by atoms with Gasteiger partial charge in [0.2, 0.25) is 0 Å². The molecule has 0 saturated carbocycles. The van der Waals surface area contributed by atoms with Gasteiger partial charge in [0.1, 0.15) is 0 Å². The SMILES string of the molecule is C1CC(SCC2CS2)[Se]C(SCC2CS2)C1. The molecule has 3 fully saturated rings. The van der Waals surface area contributed by atoms with Gasteiger partial charge in [-0.1, -0.05) is 0 Å². The van der Waals surface area contributed by atoms with E-state index in [-0.39, 0.29) is 0 Å². The molecule has 0 spiro atoms. The van der Waals surface area contributed by atoms with Crippen molar-refractivity contribution < 1.29 is 0 Å². The Hall–Kier alpha value is 1.92. The van der Waals surface area contributed by atoms with Crippen LogP contribution in [0.2, 0.25) is 0 Å². The molecule has 4 atom stereocenters. The molecule has 3 heterocycles. The second kappa shape index (κ2) is 6.38. The van der Waals surface area contributed by atoms with Gasteiger partial charge in [0, 0.05) is 0 Å². The van der Waals surface area contributed by atoms with Gasteiger partial charge in [0.15, 0.2) is 0 Å². The molecule has 0 N–H and O–H groups in total. The van der Waals surface area contributed by atoms with Crippen LogP contribution in [0, 0.1) is 0 Å². The van der Waals surface area contributed by atoms with E-state index in [4.69, 9.17) is 0 Å². The molecule has 0 amide bonds. The van der Waals surface area contributed by atoms with Crippen molar-refractivity contribution in [3.63, 3.8) is 0 Å². The summed E-state index contributed by atoms with van der Waals surface area (Å²) in [5.41, 5.74) is 0. The zero-order valence-electron chi connectivity index (χ0n) is 9.30. The average molecular weight is 357 g/mol. The zero-order valence-corrected chi connectivity index (χ0v) is 14.3. The van der Waals surface area contributed by atoms with E-state index in [1.165, 1.54) is 42.3 Å². The van der Waals surface area contributed by atoms with E-state index < -0.39 is 0 Å². The Labute approximate surface area is 122 Å². The minimum absolute atomic E-state index is 0.923. The summed E-state index contributed by atoms with van der Waals surface area (Å²) in [6.07, 6.45) is 4.56. The van der Waals surface area contributed by atoms with Gasteiger partial charge >= 0.3 is 123 Å². The van der Waals surface area contributed by atoms with Crippen LogP contribution in [0.25, 0.3) is 0 Å². The van der Waals surface area contributed by atoms with Gasteiger partial charge in [-0.15, -0.1) is 0 Å². The Balaban J connectivity index is 1.34. The molecule has 3 aliphatic heterocycles. The van der Waals surface area contributed by atoms with Crippen LogP contribution in [-0.2, 0) is 0 Å². The van der Waals surface area contributed by atoms with Gasteiger partial charge in [-0.3, -0.25) is 0 Å². The van der Waals surface area contributed by atoms with Crippen LogP contribution in [0.15, 0.2) is 0 Å². The predicted molar refractivity (Wildman–Crippen MR) is 84.6 cm³/mol. The molecule has 4 unspecified atom stereocenters. The Bertz CT molecular complexity index is 208. The van der Waals surface area contributed by atoms with Crippen LogP contribution in [0.3, 0.4) is 0 Å². The molecule has 0 aromatic carbocycles. The van der Waals surface area contributed by atoms with E-state index in [1.54, 1.807) is 0 Å². The standard InChI is InChI=1S/C11H18S4Se/c1-2-10(14-6-8-4-12-8)16-11(3-1)15-7-9-5-13-9/h8-11H,1-7H2. The molecule has 3 rings (SSSR count). The Morgan fingerprint density at radius 1 is 0.938 bits per heavy atom. The van der Waals surface area contributed by atoms with E-state index in [9.17, 15) is 0 Å². The number of rotatable bonds is 6. The summed E-state index contributed by atoms with van der Waals surface area (Å²) in [7, 11) is 0. The van der Waals surface area contributed by atoms with E-state index in [2.05, 4.69) is 47.0 Å². The molecule has 0 aromatic heterocycles. The molecule has 92 valence electrons. The molecule has 0 radical (unpaired) electrons. The third-order valence-electron chi connectivity index (χ3n) is 2.92. The van der Waals surface area contributed by atoms with E-state index in [1.807, 2.05) is 0 Å². The summed E-state index contributed by atoms with van der Waals surface area (Å²) in [4.78, 5) is 0. The van der Waals surface area contributed by atoms with Gasteiger partial charge in [0.25, 0.3) is 0 Å². The fourth-order valence-corrected chi connectivity index (χ4v) is 11.4. The van der Waals surface area contributed by atoms with Crippen LogP contribution in [0.5, 0.6) is 0 Å². The molecule has 16 heavy (non-hydrogen) atoms. The van der Waals surface area contributed by atoms with E-state index in [0.29, 0.717) is 0 Å². The van der Waals surface area contributed by atoms with E-state index >= 15 is 0 Å². The van der Waals surface area contributed by atoms with Gasteiger partial charge < -0.3 is 0 Å². The first-order valence-corrected chi connectivity index (χ1v) is 12.2. The van der Waals surface area contributed by atoms with Gasteiger partial charge in [-0.25, -0.2) is 0 Å². The summed E-state index contributed by atoms with van der Waals surface area (Å²) in [5, 5.41) is 2.08. The van der Waals surface area contributed by atoms with Crippen LogP contribution in [0.1, 0.15) is 19.3 Å². The van der Waals surface area contributed by atoms with Crippen LogP contribution >= 0.6 is 47.0 Å². The monoisotopic (exact) mass is 358 g/mol. The van der Waals surface area contributed by atoms with Crippen molar-refractivity contribution in [3.8, 4) is 0 Å². The van der Waals surface area contributed by atoms with Crippen molar-refractivity contribution in [1.29, 1.82) is 0 Å². The fraction of sp³-hybridized carbons (Fsp3) is 1.00. The van der Waals surface area contributed by atoms with Crippen LogP contribution < -0.4 is 0 Å². The van der Waals surface area contributed by atoms with Crippen molar-refractivity contribution in [2.75, 3.05) is 23.0 Å². The Kier molecular flexibility index (Phi) is 5.16. The van der Waals surface area contributed by atoms with Crippen molar-refractivity contribution in [2.45, 2.75) is 38.1 Å². The third-order valence-corrected chi connectivity index (χ3v) is 12.8.